The lowest BCUT2D eigenvalue weighted by Crippen LogP contribution is -2.39. The highest BCUT2D eigenvalue weighted by Crippen LogP contribution is 2.18. The summed E-state index contributed by atoms with van der Waals surface area (Å²) >= 11 is 0. The standard InChI is InChI=1S/C19H22FNO3/c1-3-16(24-18-11-7-5-9-15(18)20)19(22)21-12-13-23-17-10-6-4-8-14(17)2/h4-11,16H,3,12-13H2,1-2H3,(H,21,22). The molecular weight excluding hydrogens is 309 g/mol. The van der Waals surface area contributed by atoms with E-state index in [4.69, 9.17) is 9.47 Å². The second-order valence-corrected chi connectivity index (χ2v) is 5.35. The van der Waals surface area contributed by atoms with Gasteiger partial charge in [0.15, 0.2) is 17.7 Å². The third kappa shape index (κ3) is 4.98. The summed E-state index contributed by atoms with van der Waals surface area (Å²) in [5.41, 5.74) is 1.04. The highest BCUT2D eigenvalue weighted by Gasteiger charge is 2.19. The second-order valence-electron chi connectivity index (χ2n) is 5.35. The molecule has 4 nitrogen and oxygen atoms in total. The molecule has 0 aliphatic heterocycles. The Kier molecular flexibility index (Phi) is 6.61. The molecule has 1 N–H and O–H groups in total. The zero-order valence-corrected chi connectivity index (χ0v) is 13.9. The number of hydrogen-bond acceptors (Lipinski definition) is 3. The minimum atomic E-state index is -0.736. The van der Waals surface area contributed by atoms with Crippen molar-refractivity contribution in [3.05, 3.63) is 59.9 Å². The number of aryl methyl sites for hydroxylation is 1. The molecule has 128 valence electrons. The van der Waals surface area contributed by atoms with E-state index in [1.165, 1.54) is 12.1 Å². The monoisotopic (exact) mass is 331 g/mol. The molecule has 1 unspecified atom stereocenters. The minimum Gasteiger partial charge on any atom is -0.491 e. The molecule has 0 heterocycles. The summed E-state index contributed by atoms with van der Waals surface area (Å²) < 4.78 is 24.7. The van der Waals surface area contributed by atoms with E-state index in [9.17, 15) is 9.18 Å². The maximum Gasteiger partial charge on any atom is 0.261 e. The van der Waals surface area contributed by atoms with Gasteiger partial charge in [0.05, 0.1) is 6.54 Å². The first-order chi connectivity index (χ1) is 11.6. The summed E-state index contributed by atoms with van der Waals surface area (Å²) in [6.07, 6.45) is -0.293. The van der Waals surface area contributed by atoms with Crippen LogP contribution in [-0.2, 0) is 4.79 Å². The van der Waals surface area contributed by atoms with Crippen molar-refractivity contribution in [3.8, 4) is 11.5 Å². The molecule has 24 heavy (non-hydrogen) atoms. The molecule has 0 aromatic heterocycles. The Balaban J connectivity index is 1.80. The smallest absolute Gasteiger partial charge is 0.261 e. The molecule has 2 rings (SSSR count). The third-order valence-corrected chi connectivity index (χ3v) is 3.52. The Morgan fingerprint density at radius 2 is 1.79 bits per heavy atom. The predicted octanol–water partition coefficient (Wildman–Crippen LogP) is 3.49. The van der Waals surface area contributed by atoms with Gasteiger partial charge in [-0.25, -0.2) is 4.39 Å². The molecular formula is C19H22FNO3. The number of halogens is 1. The van der Waals surface area contributed by atoms with Crippen LogP contribution in [0.1, 0.15) is 18.9 Å². The zero-order valence-electron chi connectivity index (χ0n) is 13.9. The maximum absolute atomic E-state index is 13.6. The van der Waals surface area contributed by atoms with Gasteiger partial charge in [-0.1, -0.05) is 37.3 Å². The highest BCUT2D eigenvalue weighted by molar-refractivity contribution is 5.81. The van der Waals surface area contributed by atoms with Gasteiger partial charge in [0.2, 0.25) is 0 Å². The fraction of sp³-hybridized carbons (Fsp3) is 0.316. The van der Waals surface area contributed by atoms with Crippen LogP contribution in [0.25, 0.3) is 0 Å². The van der Waals surface area contributed by atoms with Crippen molar-refractivity contribution >= 4 is 5.91 Å². The van der Waals surface area contributed by atoms with Crippen molar-refractivity contribution in [1.82, 2.24) is 5.32 Å². The van der Waals surface area contributed by atoms with Crippen LogP contribution in [0.3, 0.4) is 0 Å². The van der Waals surface area contributed by atoms with E-state index >= 15 is 0 Å². The average molecular weight is 331 g/mol. The number of ether oxygens (including phenoxy) is 2. The summed E-state index contributed by atoms with van der Waals surface area (Å²) in [5.74, 6) is 0.109. The first kappa shape index (κ1) is 17.8. The van der Waals surface area contributed by atoms with Crippen LogP contribution < -0.4 is 14.8 Å². The number of benzene rings is 2. The van der Waals surface area contributed by atoms with Crippen LogP contribution in [0, 0.1) is 12.7 Å². The molecule has 0 bridgehead atoms. The van der Waals surface area contributed by atoms with Crippen LogP contribution in [-0.4, -0.2) is 25.2 Å². The van der Waals surface area contributed by atoms with Crippen molar-refractivity contribution in [2.75, 3.05) is 13.2 Å². The lowest BCUT2D eigenvalue weighted by molar-refractivity contribution is -0.128. The van der Waals surface area contributed by atoms with Crippen LogP contribution in [0.4, 0.5) is 4.39 Å². The second kappa shape index (κ2) is 8.91. The van der Waals surface area contributed by atoms with Gasteiger partial charge in [0.25, 0.3) is 5.91 Å². The molecule has 0 aliphatic carbocycles. The van der Waals surface area contributed by atoms with Crippen molar-refractivity contribution < 1.29 is 18.7 Å². The van der Waals surface area contributed by atoms with E-state index in [1.54, 1.807) is 12.1 Å². The molecule has 2 aromatic carbocycles. The normalized spacial score (nSPS) is 11.6. The summed E-state index contributed by atoms with van der Waals surface area (Å²) in [4.78, 5) is 12.2. The number of hydrogen-bond donors (Lipinski definition) is 1. The van der Waals surface area contributed by atoms with Crippen molar-refractivity contribution in [2.24, 2.45) is 0 Å². The van der Waals surface area contributed by atoms with Gasteiger partial charge in [0.1, 0.15) is 12.4 Å². The van der Waals surface area contributed by atoms with Gasteiger partial charge in [0, 0.05) is 0 Å². The molecule has 0 spiro atoms. The fourth-order valence-electron chi connectivity index (χ4n) is 2.18. The van der Waals surface area contributed by atoms with Crippen LogP contribution in [0.5, 0.6) is 11.5 Å². The Bertz CT molecular complexity index is 675. The van der Waals surface area contributed by atoms with Crippen molar-refractivity contribution in [2.45, 2.75) is 26.4 Å². The van der Waals surface area contributed by atoms with E-state index in [0.29, 0.717) is 19.6 Å². The van der Waals surface area contributed by atoms with Crippen molar-refractivity contribution in [1.29, 1.82) is 0 Å². The molecule has 0 fully saturated rings. The fourth-order valence-corrected chi connectivity index (χ4v) is 2.18. The summed E-state index contributed by atoms with van der Waals surface area (Å²) in [6.45, 7) is 4.48. The van der Waals surface area contributed by atoms with Crippen LogP contribution in [0.2, 0.25) is 0 Å². The largest absolute Gasteiger partial charge is 0.491 e. The number of para-hydroxylation sites is 2. The number of rotatable bonds is 8. The molecule has 0 saturated heterocycles. The quantitative estimate of drug-likeness (QED) is 0.753. The van der Waals surface area contributed by atoms with E-state index in [0.717, 1.165) is 11.3 Å². The van der Waals surface area contributed by atoms with E-state index in [2.05, 4.69) is 5.32 Å². The van der Waals surface area contributed by atoms with Crippen LogP contribution >= 0.6 is 0 Å². The zero-order chi connectivity index (χ0) is 17.4. The van der Waals surface area contributed by atoms with Crippen LogP contribution in [0.15, 0.2) is 48.5 Å². The number of carbonyl (C=O) groups is 1. The van der Waals surface area contributed by atoms with Gasteiger partial charge in [-0.2, -0.15) is 0 Å². The highest BCUT2D eigenvalue weighted by atomic mass is 19.1. The molecule has 0 aliphatic rings. The topological polar surface area (TPSA) is 47.6 Å². The predicted molar refractivity (Wildman–Crippen MR) is 90.8 cm³/mol. The lowest BCUT2D eigenvalue weighted by atomic mass is 10.2. The van der Waals surface area contributed by atoms with Gasteiger partial charge in [-0.15, -0.1) is 0 Å². The minimum absolute atomic E-state index is 0.0793. The molecule has 0 radical (unpaired) electrons. The Labute approximate surface area is 141 Å². The summed E-state index contributed by atoms with van der Waals surface area (Å²) in [5, 5.41) is 2.75. The van der Waals surface area contributed by atoms with Crippen molar-refractivity contribution in [3.63, 3.8) is 0 Å². The average Bonchev–Trinajstić information content (AvgIpc) is 2.59. The third-order valence-electron chi connectivity index (χ3n) is 3.52. The van der Waals surface area contributed by atoms with Gasteiger partial charge in [-0.05, 0) is 37.1 Å². The number of nitrogens with one attached hydrogen (secondary N) is 1. The molecule has 1 atom stereocenters. The number of amides is 1. The van der Waals surface area contributed by atoms with Gasteiger partial charge in [-0.3, -0.25) is 4.79 Å². The van der Waals surface area contributed by atoms with Gasteiger partial charge < -0.3 is 14.8 Å². The van der Waals surface area contributed by atoms with E-state index in [1.807, 2.05) is 38.1 Å². The van der Waals surface area contributed by atoms with E-state index < -0.39 is 11.9 Å². The first-order valence-corrected chi connectivity index (χ1v) is 7.99. The van der Waals surface area contributed by atoms with E-state index in [-0.39, 0.29) is 11.7 Å². The Morgan fingerprint density at radius 1 is 1.12 bits per heavy atom. The molecule has 2 aromatic rings. The first-order valence-electron chi connectivity index (χ1n) is 7.99. The summed E-state index contributed by atoms with van der Waals surface area (Å²) in [6, 6.07) is 13.7. The Morgan fingerprint density at radius 3 is 2.46 bits per heavy atom. The number of carbonyl (C=O) groups excluding carboxylic acids is 1. The lowest BCUT2D eigenvalue weighted by Gasteiger charge is -2.18. The SMILES string of the molecule is CCC(Oc1ccccc1F)C(=O)NCCOc1ccccc1C. The molecule has 1 amide bonds. The molecule has 0 saturated carbocycles. The maximum atomic E-state index is 13.6. The molecule has 5 heteroatoms. The Hall–Kier alpha value is -2.56. The summed E-state index contributed by atoms with van der Waals surface area (Å²) in [7, 11) is 0. The van der Waals surface area contributed by atoms with Gasteiger partial charge >= 0.3 is 0 Å².